The maximum atomic E-state index is 13.6. The van der Waals surface area contributed by atoms with E-state index in [2.05, 4.69) is 25.5 Å². The van der Waals surface area contributed by atoms with Crippen LogP contribution in [0.15, 0.2) is 37.1 Å². The normalized spacial score (nSPS) is 14.0. The number of alkyl halides is 6. The molecule has 0 spiro atoms. The number of aliphatic hydroxyl groups is 1. The number of aryl methyl sites for hydroxylation is 2. The lowest BCUT2D eigenvalue weighted by molar-refractivity contribution is -0.255. The zero-order valence-electron chi connectivity index (χ0n) is 19.8. The fourth-order valence-electron chi connectivity index (χ4n) is 3.62. The second-order valence-corrected chi connectivity index (χ2v) is 8.67. The predicted octanol–water partition coefficient (Wildman–Crippen LogP) is 3.85. The van der Waals surface area contributed by atoms with Crippen LogP contribution in [0.25, 0.3) is 16.8 Å². The lowest BCUT2D eigenvalue weighted by atomic mass is 10.0. The summed E-state index contributed by atoms with van der Waals surface area (Å²) < 4.78 is 81.5. The van der Waals surface area contributed by atoms with Gasteiger partial charge in [0.2, 0.25) is 0 Å². The molecular formula is C22H20F6N8O2. The highest BCUT2D eigenvalue weighted by molar-refractivity contribution is 6.05. The van der Waals surface area contributed by atoms with E-state index in [0.717, 1.165) is 21.6 Å². The second kappa shape index (κ2) is 9.27. The molecule has 0 saturated heterocycles. The SMILES string of the molecule is Cc1ncc(-c2cc(C(F)(F)F)c3c(N)ncnn23)cc1C(=O)Nc1cnn(CCC(C)(O)C(F)(F)F)c1. The molecule has 0 fully saturated rings. The fraction of sp³-hybridized carbons (Fsp3) is 0.318. The lowest BCUT2D eigenvalue weighted by Gasteiger charge is -2.25. The number of anilines is 2. The van der Waals surface area contributed by atoms with Crippen LogP contribution in [0.2, 0.25) is 0 Å². The van der Waals surface area contributed by atoms with Crippen LogP contribution in [-0.4, -0.2) is 52.2 Å². The zero-order valence-corrected chi connectivity index (χ0v) is 19.8. The molecule has 1 atom stereocenters. The molecule has 4 N–H and O–H groups in total. The summed E-state index contributed by atoms with van der Waals surface area (Å²) in [6.45, 7) is 1.87. The molecule has 202 valence electrons. The number of nitrogens with one attached hydrogen (secondary N) is 1. The molecule has 1 unspecified atom stereocenters. The van der Waals surface area contributed by atoms with E-state index in [-0.39, 0.29) is 40.6 Å². The third kappa shape index (κ3) is 5.11. The molecule has 0 radical (unpaired) electrons. The van der Waals surface area contributed by atoms with Gasteiger partial charge in [0.05, 0.1) is 34.4 Å². The molecule has 4 heterocycles. The van der Waals surface area contributed by atoms with Gasteiger partial charge in [-0.05, 0) is 26.0 Å². The number of halogens is 6. The molecule has 0 aliphatic carbocycles. The Labute approximate surface area is 210 Å². The average molecular weight is 542 g/mol. The Bertz CT molecular complexity index is 1510. The standard InChI is InChI=1S/C22H20F6N8O2/c1-11-14(19(37)34-13-8-32-35(9-13)4-3-20(2,38)22(26,27)28)5-12(7-30-11)16-6-15(21(23,24)25)17-18(29)31-10-33-36(16)17/h5-10,38H,3-4H2,1-2H3,(H,34,37)(H2,29,31,33). The molecule has 16 heteroatoms. The molecule has 0 aliphatic rings. The summed E-state index contributed by atoms with van der Waals surface area (Å²) >= 11 is 0. The van der Waals surface area contributed by atoms with Crippen molar-refractivity contribution in [3.05, 3.63) is 53.9 Å². The van der Waals surface area contributed by atoms with E-state index in [1.807, 2.05) is 0 Å². The highest BCUT2D eigenvalue weighted by Crippen LogP contribution is 2.38. The van der Waals surface area contributed by atoms with Crippen LogP contribution in [-0.2, 0) is 12.7 Å². The largest absolute Gasteiger partial charge is 0.418 e. The Kier molecular flexibility index (Phi) is 6.55. The van der Waals surface area contributed by atoms with Gasteiger partial charge in [-0.3, -0.25) is 14.5 Å². The number of carbonyl (C=O) groups is 1. The number of fused-ring (bicyclic) bond motifs is 1. The van der Waals surface area contributed by atoms with Crippen LogP contribution in [0.5, 0.6) is 0 Å². The molecule has 4 aromatic heterocycles. The molecule has 0 aromatic carbocycles. The molecular weight excluding hydrogens is 522 g/mol. The molecule has 4 aromatic rings. The van der Waals surface area contributed by atoms with Crippen molar-refractivity contribution in [3.63, 3.8) is 0 Å². The van der Waals surface area contributed by atoms with Crippen molar-refractivity contribution in [1.82, 2.24) is 29.4 Å². The van der Waals surface area contributed by atoms with Crippen molar-refractivity contribution < 1.29 is 36.2 Å². The van der Waals surface area contributed by atoms with Gasteiger partial charge in [-0.25, -0.2) is 9.50 Å². The quantitative estimate of drug-likeness (QED) is 0.315. The van der Waals surface area contributed by atoms with Gasteiger partial charge in [0, 0.05) is 30.9 Å². The predicted molar refractivity (Wildman–Crippen MR) is 122 cm³/mol. The van der Waals surface area contributed by atoms with Gasteiger partial charge in [-0.15, -0.1) is 0 Å². The summed E-state index contributed by atoms with van der Waals surface area (Å²) in [6, 6.07) is 2.15. The smallest absolute Gasteiger partial charge is 0.382 e. The van der Waals surface area contributed by atoms with Crippen molar-refractivity contribution >= 4 is 22.9 Å². The number of amides is 1. The van der Waals surface area contributed by atoms with Crippen LogP contribution in [0.1, 0.15) is 35.0 Å². The van der Waals surface area contributed by atoms with E-state index in [9.17, 15) is 36.2 Å². The molecule has 0 saturated carbocycles. The monoisotopic (exact) mass is 542 g/mol. The lowest BCUT2D eigenvalue weighted by Crippen LogP contribution is -2.42. The molecule has 4 rings (SSSR count). The number of carbonyl (C=O) groups excluding carboxylic acids is 1. The fourth-order valence-corrected chi connectivity index (χ4v) is 3.62. The molecule has 0 aliphatic heterocycles. The highest BCUT2D eigenvalue weighted by Gasteiger charge is 2.49. The number of hydrogen-bond donors (Lipinski definition) is 3. The summed E-state index contributed by atoms with van der Waals surface area (Å²) in [7, 11) is 0. The molecule has 10 nitrogen and oxygen atoms in total. The minimum Gasteiger partial charge on any atom is -0.382 e. The third-order valence-electron chi connectivity index (χ3n) is 5.84. The van der Waals surface area contributed by atoms with Gasteiger partial charge in [0.1, 0.15) is 11.8 Å². The van der Waals surface area contributed by atoms with E-state index in [0.29, 0.717) is 6.92 Å². The number of nitrogens with zero attached hydrogens (tertiary/aromatic N) is 6. The Hall–Kier alpha value is -4.21. The van der Waals surface area contributed by atoms with Crippen LogP contribution in [0, 0.1) is 6.92 Å². The number of aromatic nitrogens is 6. The van der Waals surface area contributed by atoms with E-state index < -0.39 is 41.4 Å². The summed E-state index contributed by atoms with van der Waals surface area (Å²) in [5.41, 5.74) is 1.75. The van der Waals surface area contributed by atoms with Crippen LogP contribution in [0.3, 0.4) is 0 Å². The van der Waals surface area contributed by atoms with Crippen molar-refractivity contribution in [2.24, 2.45) is 0 Å². The minimum absolute atomic E-state index is 0.0146. The maximum absolute atomic E-state index is 13.6. The first-order chi connectivity index (χ1) is 17.6. The molecule has 38 heavy (non-hydrogen) atoms. The number of rotatable bonds is 6. The van der Waals surface area contributed by atoms with Gasteiger partial charge in [0.25, 0.3) is 5.91 Å². The maximum Gasteiger partial charge on any atom is 0.418 e. The third-order valence-corrected chi connectivity index (χ3v) is 5.84. The van der Waals surface area contributed by atoms with E-state index in [1.54, 1.807) is 0 Å². The summed E-state index contributed by atoms with van der Waals surface area (Å²) in [5, 5.41) is 19.8. The van der Waals surface area contributed by atoms with Crippen molar-refractivity contribution in [2.45, 2.75) is 44.8 Å². The topological polar surface area (TPSA) is 136 Å². The summed E-state index contributed by atoms with van der Waals surface area (Å²) in [6.07, 6.45) is -5.51. The molecule has 0 bridgehead atoms. The average Bonchev–Trinajstić information content (AvgIpc) is 3.42. The summed E-state index contributed by atoms with van der Waals surface area (Å²) in [5.74, 6) is -1.07. The van der Waals surface area contributed by atoms with Crippen LogP contribution >= 0.6 is 0 Å². The number of hydrogen-bond acceptors (Lipinski definition) is 7. The highest BCUT2D eigenvalue weighted by atomic mass is 19.4. The Balaban J connectivity index is 1.60. The van der Waals surface area contributed by atoms with E-state index in [1.165, 1.54) is 31.6 Å². The van der Waals surface area contributed by atoms with E-state index >= 15 is 0 Å². The van der Waals surface area contributed by atoms with Gasteiger partial charge < -0.3 is 16.2 Å². The Morgan fingerprint density at radius 1 is 1.11 bits per heavy atom. The second-order valence-electron chi connectivity index (χ2n) is 8.67. The van der Waals surface area contributed by atoms with Crippen LogP contribution < -0.4 is 11.1 Å². The first kappa shape index (κ1) is 26.8. The summed E-state index contributed by atoms with van der Waals surface area (Å²) in [4.78, 5) is 20.7. The van der Waals surface area contributed by atoms with E-state index in [4.69, 9.17) is 5.73 Å². The number of pyridine rings is 1. The van der Waals surface area contributed by atoms with Crippen LogP contribution in [0.4, 0.5) is 37.8 Å². The zero-order chi connectivity index (χ0) is 28.0. The van der Waals surface area contributed by atoms with Crippen molar-refractivity contribution in [2.75, 3.05) is 11.1 Å². The van der Waals surface area contributed by atoms with Gasteiger partial charge in [-0.1, -0.05) is 0 Å². The van der Waals surface area contributed by atoms with Gasteiger partial charge in [-0.2, -0.15) is 36.5 Å². The first-order valence-corrected chi connectivity index (χ1v) is 10.9. The minimum atomic E-state index is -4.82. The van der Waals surface area contributed by atoms with Gasteiger partial charge >= 0.3 is 12.4 Å². The Morgan fingerprint density at radius 3 is 2.47 bits per heavy atom. The molecule has 1 amide bonds. The van der Waals surface area contributed by atoms with Gasteiger partial charge in [0.15, 0.2) is 11.4 Å². The first-order valence-electron chi connectivity index (χ1n) is 10.9. The van der Waals surface area contributed by atoms with Crippen molar-refractivity contribution in [1.29, 1.82) is 0 Å². The van der Waals surface area contributed by atoms with Crippen molar-refractivity contribution in [3.8, 4) is 11.3 Å². The number of nitrogen functional groups attached to an aromatic ring is 1. The Morgan fingerprint density at radius 2 is 1.82 bits per heavy atom. The number of nitrogens with two attached hydrogens (primary N) is 1.